The zero-order valence-electron chi connectivity index (χ0n) is 10.6. The molecule has 94 valence electrons. The zero-order valence-corrected chi connectivity index (χ0v) is 11.5. The Morgan fingerprint density at radius 1 is 1.05 bits per heavy atom. The third kappa shape index (κ3) is 1.64. The molecule has 1 aliphatic rings. The van der Waals surface area contributed by atoms with Gasteiger partial charge in [0.2, 0.25) is 0 Å². The van der Waals surface area contributed by atoms with Gasteiger partial charge >= 0.3 is 0 Å². The summed E-state index contributed by atoms with van der Waals surface area (Å²) < 4.78 is 0. The average molecular weight is 265 g/mol. The van der Waals surface area contributed by atoms with Crippen molar-refractivity contribution in [1.29, 1.82) is 0 Å². The molecule has 0 radical (unpaired) electrons. The van der Waals surface area contributed by atoms with E-state index in [0.29, 0.717) is 6.54 Å². The molecule has 1 aromatic heterocycles. The third-order valence-corrected chi connectivity index (χ3v) is 5.00. The largest absolute Gasteiger partial charge is 0.326 e. The zero-order chi connectivity index (χ0) is 12.8. The third-order valence-electron chi connectivity index (χ3n) is 4.04. The molecule has 1 aliphatic carbocycles. The molecule has 4 rings (SSSR count). The molecule has 0 unspecified atom stereocenters. The first-order valence-electron chi connectivity index (χ1n) is 6.68. The smallest absolute Gasteiger partial charge is 0.0274 e. The Labute approximate surface area is 116 Å². The van der Waals surface area contributed by atoms with E-state index in [9.17, 15) is 0 Å². The maximum Gasteiger partial charge on any atom is 0.0274 e. The van der Waals surface area contributed by atoms with Gasteiger partial charge in [-0.15, -0.1) is 11.3 Å². The Balaban J connectivity index is 2.01. The Bertz CT molecular complexity index is 760. The highest BCUT2D eigenvalue weighted by Gasteiger charge is 2.16. The van der Waals surface area contributed by atoms with E-state index in [1.54, 1.807) is 11.3 Å². The molecule has 0 spiro atoms. The summed E-state index contributed by atoms with van der Waals surface area (Å²) in [6, 6.07) is 13.5. The normalized spacial score (nSPS) is 13.3. The van der Waals surface area contributed by atoms with Crippen molar-refractivity contribution in [2.45, 2.75) is 19.4 Å². The molecular formula is C17H15NS. The van der Waals surface area contributed by atoms with Crippen molar-refractivity contribution in [3.8, 4) is 11.1 Å². The number of benzene rings is 2. The van der Waals surface area contributed by atoms with Gasteiger partial charge in [-0.05, 0) is 57.3 Å². The molecule has 0 saturated carbocycles. The van der Waals surface area contributed by atoms with Gasteiger partial charge in [-0.2, -0.15) is 0 Å². The van der Waals surface area contributed by atoms with Gasteiger partial charge in [-0.25, -0.2) is 0 Å². The second kappa shape index (κ2) is 4.19. The Morgan fingerprint density at radius 3 is 2.68 bits per heavy atom. The minimum absolute atomic E-state index is 0.631. The van der Waals surface area contributed by atoms with E-state index >= 15 is 0 Å². The van der Waals surface area contributed by atoms with E-state index in [1.807, 2.05) is 0 Å². The molecule has 2 aromatic carbocycles. The van der Waals surface area contributed by atoms with Crippen molar-refractivity contribution in [3.63, 3.8) is 0 Å². The van der Waals surface area contributed by atoms with Crippen molar-refractivity contribution in [3.05, 3.63) is 57.8 Å². The number of hydrogen-bond donors (Lipinski definition) is 1. The summed E-state index contributed by atoms with van der Waals surface area (Å²) in [5.41, 5.74) is 11.4. The van der Waals surface area contributed by atoms with Gasteiger partial charge in [-0.3, -0.25) is 0 Å². The molecule has 19 heavy (non-hydrogen) atoms. The molecule has 1 nitrogen and oxygen atoms in total. The predicted molar refractivity (Wildman–Crippen MR) is 82.6 cm³/mol. The second-order valence-electron chi connectivity index (χ2n) is 5.12. The highest BCUT2D eigenvalue weighted by Crippen LogP contribution is 2.38. The quantitative estimate of drug-likeness (QED) is 0.741. The average Bonchev–Trinajstić information content (AvgIpc) is 3.08. The van der Waals surface area contributed by atoms with Gasteiger partial charge in [0.25, 0.3) is 0 Å². The van der Waals surface area contributed by atoms with Gasteiger partial charge in [0.05, 0.1) is 0 Å². The number of rotatable bonds is 2. The van der Waals surface area contributed by atoms with Crippen molar-refractivity contribution >= 4 is 22.1 Å². The van der Waals surface area contributed by atoms with Crippen LogP contribution in [0.25, 0.3) is 21.9 Å². The maximum absolute atomic E-state index is 5.72. The van der Waals surface area contributed by atoms with Crippen LogP contribution in [-0.2, 0) is 19.4 Å². The standard InChI is InChI=1S/C17H15NS/c18-9-14-8-13(10-19-14)15-7-6-12-5-4-11-2-1-3-16(15)17(11)12/h1-3,6-8,10H,4-5,9,18H2. The van der Waals surface area contributed by atoms with Crippen LogP contribution in [0.5, 0.6) is 0 Å². The molecule has 0 atom stereocenters. The number of hydrogen-bond acceptors (Lipinski definition) is 2. The van der Waals surface area contributed by atoms with E-state index in [1.165, 1.54) is 50.7 Å². The van der Waals surface area contributed by atoms with Gasteiger partial charge in [0.1, 0.15) is 0 Å². The number of aryl methyl sites for hydroxylation is 2. The minimum atomic E-state index is 0.631. The van der Waals surface area contributed by atoms with E-state index in [-0.39, 0.29) is 0 Å². The summed E-state index contributed by atoms with van der Waals surface area (Å²) in [5.74, 6) is 0. The van der Waals surface area contributed by atoms with E-state index in [4.69, 9.17) is 5.73 Å². The first kappa shape index (κ1) is 11.2. The lowest BCUT2D eigenvalue weighted by atomic mass is 9.96. The lowest BCUT2D eigenvalue weighted by Gasteiger charge is -2.07. The lowest BCUT2D eigenvalue weighted by molar-refractivity contribution is 1.02. The van der Waals surface area contributed by atoms with Gasteiger partial charge in [0.15, 0.2) is 0 Å². The van der Waals surface area contributed by atoms with Crippen molar-refractivity contribution in [1.82, 2.24) is 0 Å². The molecular weight excluding hydrogens is 250 g/mol. The van der Waals surface area contributed by atoms with E-state index in [0.717, 1.165) is 0 Å². The van der Waals surface area contributed by atoms with Crippen LogP contribution in [0.3, 0.4) is 0 Å². The van der Waals surface area contributed by atoms with Gasteiger partial charge in [0, 0.05) is 11.4 Å². The molecule has 2 heteroatoms. The van der Waals surface area contributed by atoms with Crippen LogP contribution >= 0.6 is 11.3 Å². The Kier molecular flexibility index (Phi) is 2.47. The van der Waals surface area contributed by atoms with Crippen LogP contribution in [-0.4, -0.2) is 0 Å². The molecule has 1 heterocycles. The lowest BCUT2D eigenvalue weighted by Crippen LogP contribution is -1.91. The topological polar surface area (TPSA) is 26.0 Å². The summed E-state index contributed by atoms with van der Waals surface area (Å²) in [6.45, 7) is 0.631. The first-order chi connectivity index (χ1) is 9.36. The Morgan fingerprint density at radius 2 is 1.89 bits per heavy atom. The first-order valence-corrected chi connectivity index (χ1v) is 7.56. The highest BCUT2D eigenvalue weighted by molar-refractivity contribution is 7.10. The van der Waals surface area contributed by atoms with Crippen LogP contribution in [0.1, 0.15) is 16.0 Å². The maximum atomic E-state index is 5.72. The highest BCUT2D eigenvalue weighted by atomic mass is 32.1. The molecule has 0 aliphatic heterocycles. The molecule has 0 saturated heterocycles. The molecule has 3 aromatic rings. The second-order valence-corrected chi connectivity index (χ2v) is 6.11. The fourth-order valence-electron chi connectivity index (χ4n) is 3.13. The number of thiophene rings is 1. The van der Waals surface area contributed by atoms with Crippen LogP contribution in [0.2, 0.25) is 0 Å². The fraction of sp³-hybridized carbons (Fsp3) is 0.176. The monoisotopic (exact) mass is 265 g/mol. The summed E-state index contributed by atoms with van der Waals surface area (Å²) in [7, 11) is 0. The SMILES string of the molecule is NCc1cc(-c2ccc3c4c(cccc24)CC3)cs1. The van der Waals surface area contributed by atoms with Crippen molar-refractivity contribution in [2.75, 3.05) is 0 Å². The van der Waals surface area contributed by atoms with Crippen LogP contribution in [0, 0.1) is 0 Å². The van der Waals surface area contributed by atoms with Crippen LogP contribution in [0.15, 0.2) is 41.8 Å². The predicted octanol–water partition coefficient (Wildman–Crippen LogP) is 4.13. The summed E-state index contributed by atoms with van der Waals surface area (Å²) in [4.78, 5) is 1.25. The molecule has 0 amide bonds. The summed E-state index contributed by atoms with van der Waals surface area (Å²) in [6.07, 6.45) is 2.38. The number of nitrogens with two attached hydrogens (primary N) is 1. The van der Waals surface area contributed by atoms with Crippen LogP contribution < -0.4 is 5.73 Å². The van der Waals surface area contributed by atoms with E-state index in [2.05, 4.69) is 41.8 Å². The minimum Gasteiger partial charge on any atom is -0.326 e. The summed E-state index contributed by atoms with van der Waals surface area (Å²) in [5, 5.41) is 5.11. The molecule has 0 fully saturated rings. The van der Waals surface area contributed by atoms with Gasteiger partial charge < -0.3 is 5.73 Å². The fourth-order valence-corrected chi connectivity index (χ4v) is 3.89. The van der Waals surface area contributed by atoms with Crippen molar-refractivity contribution in [2.24, 2.45) is 5.73 Å². The molecule has 0 bridgehead atoms. The van der Waals surface area contributed by atoms with Crippen molar-refractivity contribution < 1.29 is 0 Å². The summed E-state index contributed by atoms with van der Waals surface area (Å²) >= 11 is 1.75. The Hall–Kier alpha value is -1.64. The molecule has 2 N–H and O–H groups in total. The van der Waals surface area contributed by atoms with E-state index < -0.39 is 0 Å². The van der Waals surface area contributed by atoms with Gasteiger partial charge in [-0.1, -0.05) is 30.3 Å². The van der Waals surface area contributed by atoms with Crippen LogP contribution in [0.4, 0.5) is 0 Å².